The smallest absolute Gasteiger partial charge is 0.293 e. The summed E-state index contributed by atoms with van der Waals surface area (Å²) in [5.41, 5.74) is 0. The van der Waals surface area contributed by atoms with Crippen LogP contribution in [0.25, 0.3) is 0 Å². The molecule has 2 aliphatic carbocycles. The fraction of sp³-hybridized carbons (Fsp3) is 0.929. The summed E-state index contributed by atoms with van der Waals surface area (Å²) >= 11 is 0. The van der Waals surface area contributed by atoms with Crippen LogP contribution < -0.4 is 0 Å². The Morgan fingerprint density at radius 3 is 1.89 bits per heavy atom. The molecule has 2 saturated carbocycles. The number of rotatable bonds is 4. The van der Waals surface area contributed by atoms with Crippen LogP contribution in [0.15, 0.2) is 0 Å². The summed E-state index contributed by atoms with van der Waals surface area (Å²) in [5, 5.41) is 0. The highest BCUT2D eigenvalue weighted by atomic mass is 16.6. The van der Waals surface area contributed by atoms with E-state index in [1.165, 1.54) is 0 Å². The number of carbonyl (C=O) groups is 1. The van der Waals surface area contributed by atoms with E-state index in [4.69, 9.17) is 14.2 Å². The van der Waals surface area contributed by atoms with E-state index >= 15 is 0 Å². The fourth-order valence-electron chi connectivity index (χ4n) is 4.14. The number of hydrogen-bond acceptors (Lipinski definition) is 4. The first-order valence-corrected chi connectivity index (χ1v) is 7.25. The first-order valence-electron chi connectivity index (χ1n) is 7.25. The first-order chi connectivity index (χ1) is 8.85. The standard InChI is InChI=1S/C14H20O4/c15-7-16-14(8-1-3-10-12(5-8)17-10)9-2-4-11-13(6-9)18-11/h7-14H,1-6H2. The van der Waals surface area contributed by atoms with Gasteiger partial charge in [0.1, 0.15) is 6.10 Å². The van der Waals surface area contributed by atoms with Crippen molar-refractivity contribution in [1.82, 2.24) is 0 Å². The van der Waals surface area contributed by atoms with E-state index in [0.29, 0.717) is 42.7 Å². The topological polar surface area (TPSA) is 51.4 Å². The maximum absolute atomic E-state index is 10.8. The number of epoxide rings is 2. The van der Waals surface area contributed by atoms with Crippen LogP contribution >= 0.6 is 0 Å². The Hall–Kier alpha value is -0.610. The lowest BCUT2D eigenvalue weighted by molar-refractivity contribution is -0.141. The molecule has 100 valence electrons. The zero-order valence-corrected chi connectivity index (χ0v) is 10.5. The molecule has 0 radical (unpaired) electrons. The summed E-state index contributed by atoms with van der Waals surface area (Å²) in [6.07, 6.45) is 8.76. The Balaban J connectivity index is 1.43. The first kappa shape index (κ1) is 11.2. The van der Waals surface area contributed by atoms with Gasteiger partial charge in [0, 0.05) is 0 Å². The van der Waals surface area contributed by atoms with Crippen LogP contribution in [-0.2, 0) is 19.0 Å². The van der Waals surface area contributed by atoms with Crippen LogP contribution in [0.2, 0.25) is 0 Å². The van der Waals surface area contributed by atoms with Crippen molar-refractivity contribution < 1.29 is 19.0 Å². The summed E-state index contributed by atoms with van der Waals surface area (Å²) in [4.78, 5) is 10.8. The van der Waals surface area contributed by atoms with Gasteiger partial charge >= 0.3 is 0 Å². The van der Waals surface area contributed by atoms with Gasteiger partial charge in [-0.25, -0.2) is 0 Å². The van der Waals surface area contributed by atoms with E-state index in [9.17, 15) is 4.79 Å². The molecule has 4 heteroatoms. The van der Waals surface area contributed by atoms with Gasteiger partial charge in [0.25, 0.3) is 6.47 Å². The second-order valence-corrected chi connectivity index (χ2v) is 6.27. The van der Waals surface area contributed by atoms with Crippen molar-refractivity contribution in [2.24, 2.45) is 11.8 Å². The summed E-state index contributed by atoms with van der Waals surface area (Å²) in [6.45, 7) is 0.643. The maximum Gasteiger partial charge on any atom is 0.293 e. The van der Waals surface area contributed by atoms with E-state index < -0.39 is 0 Å². The molecule has 2 heterocycles. The molecule has 2 saturated heterocycles. The molecule has 0 aromatic rings. The highest BCUT2D eigenvalue weighted by molar-refractivity contribution is 5.37. The van der Waals surface area contributed by atoms with Crippen molar-refractivity contribution in [2.75, 3.05) is 0 Å². The van der Waals surface area contributed by atoms with E-state index in [-0.39, 0.29) is 6.10 Å². The molecule has 6 unspecified atom stereocenters. The van der Waals surface area contributed by atoms with Gasteiger partial charge in [-0.15, -0.1) is 0 Å². The van der Waals surface area contributed by atoms with Gasteiger partial charge < -0.3 is 14.2 Å². The van der Waals surface area contributed by atoms with Gasteiger partial charge in [0.2, 0.25) is 0 Å². The Bertz CT molecular complexity index is 317. The van der Waals surface area contributed by atoms with Gasteiger partial charge in [-0.1, -0.05) is 0 Å². The molecule has 0 amide bonds. The molecule has 0 bridgehead atoms. The SMILES string of the molecule is O=COC(C1CCC2OC2C1)C1CCC2OC2C1. The molecule has 0 N–H and O–H groups in total. The third-order valence-electron chi connectivity index (χ3n) is 5.23. The van der Waals surface area contributed by atoms with E-state index in [1.54, 1.807) is 0 Å². The molecule has 2 aliphatic heterocycles. The number of carbonyl (C=O) groups excluding carboxylic acids is 1. The molecule has 4 rings (SSSR count). The zero-order chi connectivity index (χ0) is 12.1. The molecule has 0 aromatic carbocycles. The molecule has 6 atom stereocenters. The minimum absolute atomic E-state index is 0.0952. The van der Waals surface area contributed by atoms with Gasteiger partial charge in [-0.05, 0) is 50.4 Å². The van der Waals surface area contributed by atoms with E-state index in [2.05, 4.69) is 0 Å². The van der Waals surface area contributed by atoms with E-state index in [0.717, 1.165) is 38.5 Å². The molecular weight excluding hydrogens is 232 g/mol. The van der Waals surface area contributed by atoms with Gasteiger partial charge in [-0.3, -0.25) is 4.79 Å². The monoisotopic (exact) mass is 252 g/mol. The lowest BCUT2D eigenvalue weighted by Gasteiger charge is -2.34. The third kappa shape index (κ3) is 1.95. The van der Waals surface area contributed by atoms with E-state index in [1.807, 2.05) is 0 Å². The van der Waals surface area contributed by atoms with Crippen molar-refractivity contribution in [3.8, 4) is 0 Å². The summed E-state index contributed by atoms with van der Waals surface area (Å²) in [6, 6.07) is 0. The predicted molar refractivity (Wildman–Crippen MR) is 62.9 cm³/mol. The predicted octanol–water partition coefficient (Wildman–Crippen LogP) is 1.66. The summed E-state index contributed by atoms with van der Waals surface area (Å²) in [5.74, 6) is 0.999. The minimum Gasteiger partial charge on any atom is -0.464 e. The van der Waals surface area contributed by atoms with Crippen LogP contribution in [0.4, 0.5) is 0 Å². The zero-order valence-electron chi connectivity index (χ0n) is 10.5. The quantitative estimate of drug-likeness (QED) is 0.564. The van der Waals surface area contributed by atoms with Crippen LogP contribution in [0.1, 0.15) is 38.5 Å². The Labute approximate surface area is 107 Å². The molecular formula is C14H20O4. The minimum atomic E-state index is 0.0952. The van der Waals surface area contributed by atoms with Crippen LogP contribution in [0.3, 0.4) is 0 Å². The number of fused-ring (bicyclic) bond motifs is 2. The second-order valence-electron chi connectivity index (χ2n) is 6.27. The summed E-state index contributed by atoms with van der Waals surface area (Å²) in [7, 11) is 0. The second kappa shape index (κ2) is 4.20. The fourth-order valence-corrected chi connectivity index (χ4v) is 4.14. The van der Waals surface area contributed by atoms with Crippen molar-refractivity contribution in [1.29, 1.82) is 0 Å². The van der Waals surface area contributed by atoms with Crippen LogP contribution in [0, 0.1) is 11.8 Å². The molecule has 0 aromatic heterocycles. The average molecular weight is 252 g/mol. The van der Waals surface area contributed by atoms with Crippen LogP contribution in [0.5, 0.6) is 0 Å². The Kier molecular flexibility index (Phi) is 2.62. The molecule has 4 nitrogen and oxygen atoms in total. The van der Waals surface area contributed by atoms with Gasteiger partial charge in [0.15, 0.2) is 0 Å². The van der Waals surface area contributed by atoms with Crippen LogP contribution in [-0.4, -0.2) is 37.0 Å². The van der Waals surface area contributed by atoms with Crippen molar-refractivity contribution in [3.05, 3.63) is 0 Å². The lowest BCUT2D eigenvalue weighted by atomic mass is 9.75. The highest BCUT2D eigenvalue weighted by Gasteiger charge is 2.51. The Morgan fingerprint density at radius 1 is 0.889 bits per heavy atom. The largest absolute Gasteiger partial charge is 0.464 e. The number of hydrogen-bond donors (Lipinski definition) is 0. The van der Waals surface area contributed by atoms with Crippen molar-refractivity contribution in [2.45, 2.75) is 69.0 Å². The number of ether oxygens (including phenoxy) is 3. The molecule has 18 heavy (non-hydrogen) atoms. The maximum atomic E-state index is 10.8. The highest BCUT2D eigenvalue weighted by Crippen LogP contribution is 2.47. The van der Waals surface area contributed by atoms with Gasteiger partial charge in [0.05, 0.1) is 24.4 Å². The third-order valence-corrected chi connectivity index (χ3v) is 5.23. The summed E-state index contributed by atoms with van der Waals surface area (Å²) < 4.78 is 16.6. The Morgan fingerprint density at radius 2 is 1.44 bits per heavy atom. The normalized spacial score (nSPS) is 50.7. The average Bonchev–Trinajstić information content (AvgIpc) is 3.26. The van der Waals surface area contributed by atoms with Gasteiger partial charge in [-0.2, -0.15) is 0 Å². The van der Waals surface area contributed by atoms with Crippen molar-refractivity contribution in [3.63, 3.8) is 0 Å². The molecule has 4 fully saturated rings. The van der Waals surface area contributed by atoms with Crippen molar-refractivity contribution >= 4 is 6.47 Å². The lowest BCUT2D eigenvalue weighted by Crippen LogP contribution is -2.37. The molecule has 4 aliphatic rings. The molecule has 0 spiro atoms.